The summed E-state index contributed by atoms with van der Waals surface area (Å²) in [6.45, 7) is 0. The fourth-order valence-corrected chi connectivity index (χ4v) is 1.77. The molecular weight excluding hydrogens is 262 g/mol. The lowest BCUT2D eigenvalue weighted by Crippen LogP contribution is -2.15. The molecule has 1 aromatic rings. The van der Waals surface area contributed by atoms with E-state index >= 15 is 0 Å². The highest BCUT2D eigenvalue weighted by Gasteiger charge is 2.14. The number of rotatable bonds is 4. The van der Waals surface area contributed by atoms with Gasteiger partial charge in [0.05, 0.1) is 13.5 Å². The van der Waals surface area contributed by atoms with Crippen LogP contribution in [0.1, 0.15) is 18.0 Å². The van der Waals surface area contributed by atoms with E-state index in [1.54, 1.807) is 25.3 Å². The summed E-state index contributed by atoms with van der Waals surface area (Å²) >= 11 is 3.32. The first kappa shape index (κ1) is 12.0. The quantitative estimate of drug-likeness (QED) is 0.880. The minimum Gasteiger partial charge on any atom is -0.497 e. The molecule has 0 aliphatic rings. The molecule has 0 heterocycles. The summed E-state index contributed by atoms with van der Waals surface area (Å²) in [6.07, 6.45) is -0.105. The predicted molar refractivity (Wildman–Crippen MR) is 59.9 cm³/mol. The molecule has 0 saturated carbocycles. The number of aliphatic carboxylic acids is 1. The molecule has 0 aromatic heterocycles. The van der Waals surface area contributed by atoms with Crippen LogP contribution in [-0.2, 0) is 4.79 Å². The molecule has 1 aromatic carbocycles. The molecule has 15 heavy (non-hydrogen) atoms. The van der Waals surface area contributed by atoms with Crippen LogP contribution < -0.4 is 10.5 Å². The number of benzene rings is 1. The molecule has 0 bridgehead atoms. The van der Waals surface area contributed by atoms with E-state index in [-0.39, 0.29) is 6.42 Å². The molecule has 0 spiro atoms. The second-order valence-corrected chi connectivity index (χ2v) is 3.95. The predicted octanol–water partition coefficient (Wildman–Crippen LogP) is 1.93. The van der Waals surface area contributed by atoms with E-state index < -0.39 is 12.0 Å². The van der Waals surface area contributed by atoms with E-state index in [0.29, 0.717) is 5.75 Å². The maximum atomic E-state index is 10.5. The summed E-state index contributed by atoms with van der Waals surface area (Å²) < 4.78 is 5.83. The lowest BCUT2D eigenvalue weighted by molar-refractivity contribution is -0.137. The number of hydrogen-bond acceptors (Lipinski definition) is 3. The van der Waals surface area contributed by atoms with Gasteiger partial charge in [-0.3, -0.25) is 4.79 Å². The van der Waals surface area contributed by atoms with Crippen LogP contribution in [0.3, 0.4) is 0 Å². The third kappa shape index (κ3) is 3.21. The van der Waals surface area contributed by atoms with Gasteiger partial charge in [0.2, 0.25) is 0 Å². The van der Waals surface area contributed by atoms with E-state index in [1.807, 2.05) is 0 Å². The Bertz CT molecular complexity index is 368. The van der Waals surface area contributed by atoms with E-state index in [1.165, 1.54) is 0 Å². The Hall–Kier alpha value is -1.07. The standard InChI is InChI=1S/C10H12BrNO3/c1-15-6-2-3-8(11)7(4-6)9(12)5-10(13)14/h2-4,9H,5,12H2,1H3,(H,13,14). The average molecular weight is 274 g/mol. The summed E-state index contributed by atoms with van der Waals surface area (Å²) in [5, 5.41) is 8.64. The van der Waals surface area contributed by atoms with Crippen molar-refractivity contribution in [1.29, 1.82) is 0 Å². The number of nitrogens with two attached hydrogens (primary N) is 1. The maximum Gasteiger partial charge on any atom is 0.305 e. The molecule has 0 aliphatic heterocycles. The van der Waals surface area contributed by atoms with Gasteiger partial charge in [0.1, 0.15) is 5.75 Å². The van der Waals surface area contributed by atoms with Crippen molar-refractivity contribution < 1.29 is 14.6 Å². The summed E-state index contributed by atoms with van der Waals surface area (Å²) in [6, 6.07) is 4.77. The van der Waals surface area contributed by atoms with Crippen molar-refractivity contribution in [2.75, 3.05) is 7.11 Å². The van der Waals surface area contributed by atoms with Crippen molar-refractivity contribution in [1.82, 2.24) is 0 Å². The Labute approximate surface area is 96.2 Å². The molecule has 0 saturated heterocycles. The molecule has 82 valence electrons. The SMILES string of the molecule is COc1ccc(Br)c(C(N)CC(=O)O)c1. The van der Waals surface area contributed by atoms with Crippen molar-refractivity contribution in [2.24, 2.45) is 5.73 Å². The van der Waals surface area contributed by atoms with Crippen LogP contribution >= 0.6 is 15.9 Å². The van der Waals surface area contributed by atoms with Crippen molar-refractivity contribution in [2.45, 2.75) is 12.5 Å². The Kier molecular flexibility index (Phi) is 4.11. The van der Waals surface area contributed by atoms with Crippen molar-refractivity contribution in [3.05, 3.63) is 28.2 Å². The van der Waals surface area contributed by atoms with Crippen molar-refractivity contribution in [3.63, 3.8) is 0 Å². The van der Waals surface area contributed by atoms with Gasteiger partial charge >= 0.3 is 5.97 Å². The van der Waals surface area contributed by atoms with E-state index in [0.717, 1.165) is 10.0 Å². The maximum absolute atomic E-state index is 10.5. The van der Waals surface area contributed by atoms with Gasteiger partial charge in [-0.15, -0.1) is 0 Å². The number of carbonyl (C=O) groups is 1. The fraction of sp³-hybridized carbons (Fsp3) is 0.300. The first-order valence-electron chi connectivity index (χ1n) is 4.35. The largest absolute Gasteiger partial charge is 0.497 e. The highest BCUT2D eigenvalue weighted by Crippen LogP contribution is 2.28. The molecule has 0 amide bonds. The molecule has 4 nitrogen and oxygen atoms in total. The Morgan fingerprint density at radius 1 is 1.67 bits per heavy atom. The molecule has 1 atom stereocenters. The van der Waals surface area contributed by atoms with Crippen molar-refractivity contribution in [3.8, 4) is 5.75 Å². The number of methoxy groups -OCH3 is 1. The number of halogens is 1. The number of carboxylic acids is 1. The first-order valence-corrected chi connectivity index (χ1v) is 5.14. The van der Waals surface area contributed by atoms with Gasteiger partial charge in [-0.25, -0.2) is 0 Å². The van der Waals surface area contributed by atoms with Crippen LogP contribution in [0.4, 0.5) is 0 Å². The van der Waals surface area contributed by atoms with Gasteiger partial charge in [0.15, 0.2) is 0 Å². The first-order chi connectivity index (χ1) is 7.04. The van der Waals surface area contributed by atoms with Crippen LogP contribution in [-0.4, -0.2) is 18.2 Å². The van der Waals surface area contributed by atoms with Crippen LogP contribution in [0.5, 0.6) is 5.75 Å². The molecule has 0 fully saturated rings. The lowest BCUT2D eigenvalue weighted by atomic mass is 10.0. The zero-order valence-corrected chi connectivity index (χ0v) is 9.82. The molecule has 5 heteroatoms. The minimum absolute atomic E-state index is 0.105. The molecule has 0 radical (unpaired) electrons. The van der Waals surface area contributed by atoms with Gasteiger partial charge in [-0.05, 0) is 23.8 Å². The van der Waals surface area contributed by atoms with E-state index in [4.69, 9.17) is 15.6 Å². The Morgan fingerprint density at radius 2 is 2.33 bits per heavy atom. The van der Waals surface area contributed by atoms with Crippen molar-refractivity contribution >= 4 is 21.9 Å². The second-order valence-electron chi connectivity index (χ2n) is 3.09. The molecule has 3 N–H and O–H groups in total. The second kappa shape index (κ2) is 5.14. The van der Waals surface area contributed by atoms with Gasteiger partial charge in [-0.2, -0.15) is 0 Å². The average Bonchev–Trinajstić information content (AvgIpc) is 2.17. The lowest BCUT2D eigenvalue weighted by Gasteiger charge is -2.12. The number of hydrogen-bond donors (Lipinski definition) is 2. The zero-order valence-electron chi connectivity index (χ0n) is 8.24. The highest BCUT2D eigenvalue weighted by atomic mass is 79.9. The normalized spacial score (nSPS) is 12.2. The van der Waals surface area contributed by atoms with Gasteiger partial charge in [0.25, 0.3) is 0 Å². The van der Waals surface area contributed by atoms with E-state index in [9.17, 15) is 4.79 Å². The Morgan fingerprint density at radius 3 is 2.87 bits per heavy atom. The summed E-state index contributed by atoms with van der Waals surface area (Å²) in [5.41, 5.74) is 6.49. The summed E-state index contributed by atoms with van der Waals surface area (Å²) in [7, 11) is 1.55. The topological polar surface area (TPSA) is 72.5 Å². The molecule has 1 unspecified atom stereocenters. The third-order valence-corrected chi connectivity index (χ3v) is 2.72. The van der Waals surface area contributed by atoms with Gasteiger partial charge in [0, 0.05) is 10.5 Å². The minimum atomic E-state index is -0.919. The fourth-order valence-electron chi connectivity index (χ4n) is 1.23. The van der Waals surface area contributed by atoms with Crippen LogP contribution in [0.25, 0.3) is 0 Å². The monoisotopic (exact) mass is 273 g/mol. The van der Waals surface area contributed by atoms with Crippen LogP contribution in [0.15, 0.2) is 22.7 Å². The zero-order chi connectivity index (χ0) is 11.4. The summed E-state index contributed by atoms with van der Waals surface area (Å²) in [5.74, 6) is -0.258. The smallest absolute Gasteiger partial charge is 0.305 e. The molecular formula is C10H12BrNO3. The number of ether oxygens (including phenoxy) is 1. The third-order valence-electron chi connectivity index (χ3n) is 2.00. The van der Waals surface area contributed by atoms with Crippen LogP contribution in [0, 0.1) is 0 Å². The number of carboxylic acid groups (broad SMARTS) is 1. The van der Waals surface area contributed by atoms with Gasteiger partial charge in [-0.1, -0.05) is 15.9 Å². The van der Waals surface area contributed by atoms with Crippen LogP contribution in [0.2, 0.25) is 0 Å². The molecule has 1 rings (SSSR count). The van der Waals surface area contributed by atoms with Gasteiger partial charge < -0.3 is 15.6 Å². The Balaban J connectivity index is 2.95. The van der Waals surface area contributed by atoms with E-state index in [2.05, 4.69) is 15.9 Å². The highest BCUT2D eigenvalue weighted by molar-refractivity contribution is 9.10. The molecule has 0 aliphatic carbocycles. The summed E-state index contributed by atoms with van der Waals surface area (Å²) in [4.78, 5) is 10.5.